The Morgan fingerprint density at radius 3 is 2.44 bits per heavy atom. The number of fused-ring (bicyclic) bond motifs is 1. The zero-order chi connectivity index (χ0) is 19.3. The Hall–Kier alpha value is -2.09. The Balaban J connectivity index is 1.79. The van der Waals surface area contributed by atoms with Crippen LogP contribution in [0.3, 0.4) is 0 Å². The summed E-state index contributed by atoms with van der Waals surface area (Å²) >= 11 is 6.49. The van der Waals surface area contributed by atoms with Crippen molar-refractivity contribution in [3.05, 3.63) is 39.1 Å². The Kier molecular flexibility index (Phi) is 4.61. The normalized spacial score (nSPS) is 19.4. The molecular formula is C19H22ClN3O4. The quantitative estimate of drug-likeness (QED) is 0.830. The minimum absolute atomic E-state index is 0.219. The second kappa shape index (κ2) is 6.82. The number of anilines is 1. The molecule has 1 saturated heterocycles. The van der Waals surface area contributed by atoms with Crippen molar-refractivity contribution in [3.8, 4) is 0 Å². The molecule has 4 rings (SSSR count). The van der Waals surface area contributed by atoms with Crippen LogP contribution in [0.25, 0.3) is 10.9 Å². The summed E-state index contributed by atoms with van der Waals surface area (Å²) in [5.41, 5.74) is 0.849. The van der Waals surface area contributed by atoms with Crippen LogP contribution in [0, 0.1) is 0 Å². The number of carboxylic acid groups (broad SMARTS) is 1. The van der Waals surface area contributed by atoms with Crippen LogP contribution in [-0.4, -0.2) is 58.1 Å². The van der Waals surface area contributed by atoms with Crippen molar-refractivity contribution in [2.24, 2.45) is 0 Å². The molecule has 2 aromatic rings. The van der Waals surface area contributed by atoms with Gasteiger partial charge in [0.25, 0.3) is 0 Å². The van der Waals surface area contributed by atoms with Gasteiger partial charge in [-0.3, -0.25) is 9.69 Å². The molecule has 2 fully saturated rings. The second-order valence-corrected chi connectivity index (χ2v) is 7.70. The lowest BCUT2D eigenvalue weighted by Crippen LogP contribution is -2.49. The number of hydrogen-bond acceptors (Lipinski definition) is 5. The summed E-state index contributed by atoms with van der Waals surface area (Å²) < 4.78 is 1.91. The summed E-state index contributed by atoms with van der Waals surface area (Å²) in [5, 5.41) is 19.9. The van der Waals surface area contributed by atoms with E-state index in [2.05, 4.69) is 4.90 Å². The number of nitrogens with zero attached hydrogens (tertiary/aromatic N) is 3. The van der Waals surface area contributed by atoms with Gasteiger partial charge in [-0.05, 0) is 31.9 Å². The highest BCUT2D eigenvalue weighted by atomic mass is 35.5. The maximum absolute atomic E-state index is 12.6. The Labute approximate surface area is 161 Å². The summed E-state index contributed by atoms with van der Waals surface area (Å²) in [7, 11) is 0. The highest BCUT2D eigenvalue weighted by molar-refractivity contribution is 6.34. The van der Waals surface area contributed by atoms with Gasteiger partial charge in [0.15, 0.2) is 0 Å². The highest BCUT2D eigenvalue weighted by Gasteiger charge is 2.28. The molecule has 0 bridgehead atoms. The van der Waals surface area contributed by atoms with E-state index in [-0.39, 0.29) is 11.6 Å². The average molecular weight is 392 g/mol. The Morgan fingerprint density at radius 2 is 1.89 bits per heavy atom. The first kappa shape index (κ1) is 18.3. The van der Waals surface area contributed by atoms with Crippen LogP contribution in [0.5, 0.6) is 0 Å². The van der Waals surface area contributed by atoms with Gasteiger partial charge in [-0.15, -0.1) is 0 Å². The summed E-state index contributed by atoms with van der Waals surface area (Å²) in [6, 6.07) is 3.73. The van der Waals surface area contributed by atoms with Crippen LogP contribution < -0.4 is 10.3 Å². The van der Waals surface area contributed by atoms with E-state index >= 15 is 0 Å². The number of aromatic carboxylic acids is 1. The highest BCUT2D eigenvalue weighted by Crippen LogP contribution is 2.39. The van der Waals surface area contributed by atoms with Crippen molar-refractivity contribution >= 4 is 34.2 Å². The van der Waals surface area contributed by atoms with Crippen LogP contribution >= 0.6 is 11.6 Å². The maximum atomic E-state index is 12.6. The van der Waals surface area contributed by atoms with Crippen molar-refractivity contribution in [3.63, 3.8) is 0 Å². The number of rotatable bonds is 4. The minimum Gasteiger partial charge on any atom is -0.477 e. The van der Waals surface area contributed by atoms with Gasteiger partial charge >= 0.3 is 5.97 Å². The molecular weight excluding hydrogens is 370 g/mol. The molecule has 1 unspecified atom stereocenters. The number of aromatic nitrogens is 1. The van der Waals surface area contributed by atoms with E-state index in [1.54, 1.807) is 13.0 Å². The summed E-state index contributed by atoms with van der Waals surface area (Å²) in [4.78, 5) is 28.2. The Bertz CT molecular complexity index is 960. The van der Waals surface area contributed by atoms with Gasteiger partial charge in [0.1, 0.15) is 11.8 Å². The van der Waals surface area contributed by atoms with E-state index in [1.807, 2.05) is 15.5 Å². The Morgan fingerprint density at radius 1 is 1.22 bits per heavy atom. The predicted molar refractivity (Wildman–Crippen MR) is 104 cm³/mol. The number of carboxylic acids is 1. The zero-order valence-electron chi connectivity index (χ0n) is 15.1. The lowest BCUT2D eigenvalue weighted by molar-refractivity contribution is 0.0153. The molecule has 27 heavy (non-hydrogen) atoms. The number of hydrogen-bond donors (Lipinski definition) is 2. The fraction of sp³-hybridized carbons (Fsp3) is 0.474. The fourth-order valence-corrected chi connectivity index (χ4v) is 4.03. The van der Waals surface area contributed by atoms with E-state index < -0.39 is 17.6 Å². The number of pyridine rings is 1. The van der Waals surface area contributed by atoms with Gasteiger partial charge < -0.3 is 19.7 Å². The van der Waals surface area contributed by atoms with Gasteiger partial charge in [0.05, 0.1) is 16.2 Å². The van der Waals surface area contributed by atoms with E-state index in [9.17, 15) is 19.8 Å². The largest absolute Gasteiger partial charge is 0.477 e. The molecule has 1 aromatic heterocycles. The third-order valence-electron chi connectivity index (χ3n) is 5.45. The van der Waals surface area contributed by atoms with Crippen LogP contribution in [0.4, 0.5) is 5.69 Å². The standard InChI is InChI=1S/C19H22ClN3O4/c1-11(24)21-4-6-22(7-5-21)17-9-16-13(8-15(17)20)18(25)14(19(26)27)10-23(16)12-2-3-12/h8-12,24H,2-7H2,1H3,(H,26,27). The average Bonchev–Trinajstić information content (AvgIpc) is 3.47. The molecule has 2 aliphatic rings. The molecule has 0 radical (unpaired) electrons. The van der Waals surface area contributed by atoms with Gasteiger partial charge in [-0.1, -0.05) is 11.6 Å². The van der Waals surface area contributed by atoms with Crippen molar-refractivity contribution < 1.29 is 15.0 Å². The molecule has 1 aliphatic carbocycles. The molecule has 0 spiro atoms. The van der Waals surface area contributed by atoms with Crippen molar-refractivity contribution in [2.75, 3.05) is 31.1 Å². The SMILES string of the molecule is CC(O)N1CCN(c2cc3c(cc2Cl)c(=O)c(C(=O)O)cn3C2CC2)CC1. The fourth-order valence-electron chi connectivity index (χ4n) is 3.74. The molecule has 2 heterocycles. The van der Waals surface area contributed by atoms with Gasteiger partial charge in [0.2, 0.25) is 5.43 Å². The molecule has 2 N–H and O–H groups in total. The van der Waals surface area contributed by atoms with Crippen molar-refractivity contribution in [2.45, 2.75) is 32.0 Å². The minimum atomic E-state index is -1.22. The topological polar surface area (TPSA) is 86.0 Å². The monoisotopic (exact) mass is 391 g/mol. The number of benzene rings is 1. The lowest BCUT2D eigenvalue weighted by atomic mass is 10.1. The van der Waals surface area contributed by atoms with Crippen LogP contribution in [0.15, 0.2) is 23.1 Å². The van der Waals surface area contributed by atoms with E-state index in [1.165, 1.54) is 6.20 Å². The van der Waals surface area contributed by atoms with E-state index in [0.717, 1.165) is 50.2 Å². The lowest BCUT2D eigenvalue weighted by Gasteiger charge is -2.37. The molecule has 7 nitrogen and oxygen atoms in total. The molecule has 0 amide bonds. The predicted octanol–water partition coefficient (Wildman–Crippen LogP) is 2.15. The van der Waals surface area contributed by atoms with Crippen LogP contribution in [0.2, 0.25) is 5.02 Å². The molecule has 1 saturated carbocycles. The molecule has 8 heteroatoms. The first-order valence-electron chi connectivity index (χ1n) is 9.15. The molecule has 144 valence electrons. The van der Waals surface area contributed by atoms with E-state index in [4.69, 9.17) is 11.6 Å². The second-order valence-electron chi connectivity index (χ2n) is 7.29. The van der Waals surface area contributed by atoms with Crippen molar-refractivity contribution in [1.82, 2.24) is 9.47 Å². The first-order chi connectivity index (χ1) is 12.9. The molecule has 1 atom stereocenters. The van der Waals surface area contributed by atoms with Crippen molar-refractivity contribution in [1.29, 1.82) is 0 Å². The van der Waals surface area contributed by atoms with Gasteiger partial charge in [-0.25, -0.2) is 4.79 Å². The third kappa shape index (κ3) is 3.31. The first-order valence-corrected chi connectivity index (χ1v) is 9.53. The summed E-state index contributed by atoms with van der Waals surface area (Å²) in [6.07, 6.45) is 2.94. The summed E-state index contributed by atoms with van der Waals surface area (Å²) in [6.45, 7) is 4.64. The van der Waals surface area contributed by atoms with Crippen LogP contribution in [0.1, 0.15) is 36.2 Å². The number of halogens is 1. The number of carbonyl (C=O) groups is 1. The third-order valence-corrected chi connectivity index (χ3v) is 5.76. The van der Waals surface area contributed by atoms with E-state index in [0.29, 0.717) is 10.4 Å². The number of aliphatic hydroxyl groups is 1. The number of piperazine rings is 1. The van der Waals surface area contributed by atoms with Gasteiger partial charge in [-0.2, -0.15) is 0 Å². The smallest absolute Gasteiger partial charge is 0.341 e. The maximum Gasteiger partial charge on any atom is 0.341 e. The zero-order valence-corrected chi connectivity index (χ0v) is 15.8. The summed E-state index contributed by atoms with van der Waals surface area (Å²) in [5.74, 6) is -1.22. The van der Waals surface area contributed by atoms with Crippen LogP contribution in [-0.2, 0) is 0 Å². The molecule has 1 aliphatic heterocycles. The number of aliphatic hydroxyl groups excluding tert-OH is 1. The molecule has 1 aromatic carbocycles. The van der Waals surface area contributed by atoms with Gasteiger partial charge in [0, 0.05) is 43.8 Å².